The number of amides is 2. The summed E-state index contributed by atoms with van der Waals surface area (Å²) in [5.74, 6) is -1.38. The minimum atomic E-state index is -4.24. The minimum absolute atomic E-state index is 0.136. The van der Waals surface area contributed by atoms with E-state index in [0.29, 0.717) is 13.0 Å². The summed E-state index contributed by atoms with van der Waals surface area (Å²) in [6.07, 6.45) is 1.09. The molecule has 3 aromatic rings. The van der Waals surface area contributed by atoms with Crippen molar-refractivity contribution >= 4 is 27.5 Å². The van der Waals surface area contributed by atoms with Crippen LogP contribution in [0.4, 0.5) is 10.1 Å². The van der Waals surface area contributed by atoms with Crippen LogP contribution in [0.3, 0.4) is 0 Å². The average Bonchev–Trinajstić information content (AvgIpc) is 2.91. The average molecular weight is 554 g/mol. The summed E-state index contributed by atoms with van der Waals surface area (Å²) in [5, 5.41) is 2.87. The molecule has 0 unspecified atom stereocenters. The van der Waals surface area contributed by atoms with E-state index in [1.807, 2.05) is 52.0 Å². The van der Waals surface area contributed by atoms with Gasteiger partial charge in [0.25, 0.3) is 10.0 Å². The highest BCUT2D eigenvalue weighted by atomic mass is 32.2. The van der Waals surface area contributed by atoms with Gasteiger partial charge in [-0.3, -0.25) is 13.9 Å². The Bertz CT molecular complexity index is 1380. The normalized spacial score (nSPS) is 12.0. The summed E-state index contributed by atoms with van der Waals surface area (Å²) in [4.78, 5) is 28.4. The van der Waals surface area contributed by atoms with Gasteiger partial charge in [0.05, 0.1) is 10.6 Å². The molecule has 0 bridgehead atoms. The third-order valence-corrected chi connectivity index (χ3v) is 8.16. The second-order valence-corrected chi connectivity index (χ2v) is 11.4. The fraction of sp³-hybridized carbons (Fsp3) is 0.333. The Hall–Kier alpha value is -3.72. The van der Waals surface area contributed by atoms with Crippen molar-refractivity contribution in [3.8, 4) is 0 Å². The summed E-state index contributed by atoms with van der Waals surface area (Å²) < 4.78 is 42.1. The number of nitrogens with one attached hydrogen (secondary N) is 1. The molecule has 0 fully saturated rings. The van der Waals surface area contributed by atoms with E-state index in [0.717, 1.165) is 39.5 Å². The molecular weight excluding hydrogens is 517 g/mol. The van der Waals surface area contributed by atoms with Crippen molar-refractivity contribution in [1.82, 2.24) is 10.2 Å². The van der Waals surface area contributed by atoms with E-state index in [1.54, 1.807) is 24.3 Å². The molecule has 7 nitrogen and oxygen atoms in total. The van der Waals surface area contributed by atoms with Crippen LogP contribution in [0.1, 0.15) is 43.4 Å². The van der Waals surface area contributed by atoms with Crippen molar-refractivity contribution in [2.75, 3.05) is 17.4 Å². The smallest absolute Gasteiger partial charge is 0.264 e. The molecule has 0 radical (unpaired) electrons. The van der Waals surface area contributed by atoms with Gasteiger partial charge in [0.15, 0.2) is 0 Å². The number of nitrogens with zero attached hydrogens (tertiary/aromatic N) is 2. The van der Waals surface area contributed by atoms with Gasteiger partial charge in [-0.1, -0.05) is 61.4 Å². The number of carbonyl (C=O) groups is 2. The van der Waals surface area contributed by atoms with Crippen molar-refractivity contribution in [1.29, 1.82) is 0 Å². The number of anilines is 1. The molecule has 0 aliphatic heterocycles. The highest BCUT2D eigenvalue weighted by Gasteiger charge is 2.33. The van der Waals surface area contributed by atoms with Crippen molar-refractivity contribution in [3.05, 3.63) is 95.3 Å². The Labute approximate surface area is 230 Å². The van der Waals surface area contributed by atoms with Crippen LogP contribution in [-0.4, -0.2) is 44.3 Å². The Morgan fingerprint density at radius 1 is 0.923 bits per heavy atom. The third kappa shape index (κ3) is 7.66. The summed E-state index contributed by atoms with van der Waals surface area (Å²) in [6, 6.07) is 18.1. The predicted octanol–water partition coefficient (Wildman–Crippen LogP) is 4.97. The highest BCUT2D eigenvalue weighted by molar-refractivity contribution is 7.92. The Morgan fingerprint density at radius 3 is 2.18 bits per heavy atom. The van der Waals surface area contributed by atoms with Gasteiger partial charge in [0.2, 0.25) is 11.8 Å². The summed E-state index contributed by atoms with van der Waals surface area (Å²) in [5.41, 5.74) is 3.04. The lowest BCUT2D eigenvalue weighted by atomic mass is 10.1. The van der Waals surface area contributed by atoms with Crippen LogP contribution < -0.4 is 9.62 Å². The molecule has 0 aliphatic carbocycles. The lowest BCUT2D eigenvalue weighted by molar-refractivity contribution is -0.140. The lowest BCUT2D eigenvalue weighted by Crippen LogP contribution is -2.52. The maximum atomic E-state index is 14.0. The van der Waals surface area contributed by atoms with Crippen LogP contribution in [0.2, 0.25) is 0 Å². The standard InChI is InChI=1S/C30H36FN3O4S/c1-5-18-32-30(36)28(6-2)33(20-24-9-7-8-23(4)19-24)29(35)21-34(26-14-10-22(3)11-15-26)39(37,38)27-16-12-25(31)13-17-27/h7-17,19,28H,5-6,18,20-21H2,1-4H3,(H,32,36)/t28-/m0/s1. The number of benzene rings is 3. The number of aryl methyl sites for hydroxylation is 2. The van der Waals surface area contributed by atoms with Gasteiger partial charge in [-0.2, -0.15) is 0 Å². The van der Waals surface area contributed by atoms with Crippen molar-refractivity contribution in [3.63, 3.8) is 0 Å². The van der Waals surface area contributed by atoms with Gasteiger partial charge in [0.1, 0.15) is 18.4 Å². The molecule has 1 N–H and O–H groups in total. The van der Waals surface area contributed by atoms with Gasteiger partial charge in [-0.25, -0.2) is 12.8 Å². The molecule has 0 heterocycles. The maximum absolute atomic E-state index is 14.0. The van der Waals surface area contributed by atoms with Gasteiger partial charge < -0.3 is 10.2 Å². The molecular formula is C30H36FN3O4S. The molecule has 3 aromatic carbocycles. The number of hydrogen-bond donors (Lipinski definition) is 1. The molecule has 0 saturated heterocycles. The number of halogens is 1. The largest absolute Gasteiger partial charge is 0.354 e. The number of rotatable bonds is 12. The first-order valence-corrected chi connectivity index (χ1v) is 14.5. The Balaban J connectivity index is 2.04. The van der Waals surface area contributed by atoms with E-state index in [4.69, 9.17) is 0 Å². The molecule has 0 spiro atoms. The van der Waals surface area contributed by atoms with Crippen LogP contribution in [0.15, 0.2) is 77.7 Å². The number of carbonyl (C=O) groups excluding carboxylic acids is 2. The first-order valence-electron chi connectivity index (χ1n) is 13.0. The van der Waals surface area contributed by atoms with E-state index in [-0.39, 0.29) is 23.0 Å². The molecule has 3 rings (SSSR count). The Kier molecular flexibility index (Phi) is 10.2. The second-order valence-electron chi connectivity index (χ2n) is 9.53. The zero-order chi connectivity index (χ0) is 28.6. The van der Waals surface area contributed by atoms with E-state index >= 15 is 0 Å². The van der Waals surface area contributed by atoms with Crippen molar-refractivity contribution < 1.29 is 22.4 Å². The van der Waals surface area contributed by atoms with Crippen LogP contribution in [0.25, 0.3) is 0 Å². The third-order valence-electron chi connectivity index (χ3n) is 6.37. The van der Waals surface area contributed by atoms with Crippen LogP contribution in [-0.2, 0) is 26.2 Å². The number of sulfonamides is 1. The maximum Gasteiger partial charge on any atom is 0.264 e. The van der Waals surface area contributed by atoms with E-state index in [1.165, 1.54) is 17.0 Å². The Morgan fingerprint density at radius 2 is 1.59 bits per heavy atom. The number of hydrogen-bond acceptors (Lipinski definition) is 4. The van der Waals surface area contributed by atoms with Crippen LogP contribution >= 0.6 is 0 Å². The summed E-state index contributed by atoms with van der Waals surface area (Å²) >= 11 is 0. The van der Waals surface area contributed by atoms with Gasteiger partial charge in [0, 0.05) is 13.1 Å². The molecule has 0 aliphatic rings. The topological polar surface area (TPSA) is 86.8 Å². The van der Waals surface area contributed by atoms with Gasteiger partial charge in [-0.15, -0.1) is 0 Å². The molecule has 0 aromatic heterocycles. The van der Waals surface area contributed by atoms with Crippen molar-refractivity contribution in [2.45, 2.75) is 58.0 Å². The molecule has 208 valence electrons. The van der Waals surface area contributed by atoms with Gasteiger partial charge >= 0.3 is 0 Å². The first-order chi connectivity index (χ1) is 18.6. The molecule has 2 amide bonds. The van der Waals surface area contributed by atoms with E-state index < -0.39 is 34.3 Å². The zero-order valence-electron chi connectivity index (χ0n) is 22.9. The van der Waals surface area contributed by atoms with Crippen LogP contribution in [0, 0.1) is 19.7 Å². The van der Waals surface area contributed by atoms with E-state index in [9.17, 15) is 22.4 Å². The zero-order valence-corrected chi connectivity index (χ0v) is 23.7. The van der Waals surface area contributed by atoms with Crippen LogP contribution in [0.5, 0.6) is 0 Å². The molecule has 39 heavy (non-hydrogen) atoms. The monoisotopic (exact) mass is 553 g/mol. The quantitative estimate of drug-likeness (QED) is 0.343. The minimum Gasteiger partial charge on any atom is -0.354 e. The summed E-state index contributed by atoms with van der Waals surface area (Å²) in [6.45, 7) is 7.64. The fourth-order valence-electron chi connectivity index (χ4n) is 4.27. The van der Waals surface area contributed by atoms with Crippen molar-refractivity contribution in [2.24, 2.45) is 0 Å². The van der Waals surface area contributed by atoms with Gasteiger partial charge in [-0.05, 0) is 68.7 Å². The SMILES string of the molecule is CCCNC(=O)[C@H](CC)N(Cc1cccc(C)c1)C(=O)CN(c1ccc(C)cc1)S(=O)(=O)c1ccc(F)cc1. The highest BCUT2D eigenvalue weighted by Crippen LogP contribution is 2.25. The fourth-order valence-corrected chi connectivity index (χ4v) is 5.68. The molecule has 9 heteroatoms. The first kappa shape index (κ1) is 29.8. The van der Waals surface area contributed by atoms with E-state index in [2.05, 4.69) is 5.32 Å². The second kappa shape index (κ2) is 13.4. The summed E-state index contributed by atoms with van der Waals surface area (Å²) in [7, 11) is -4.24. The predicted molar refractivity (Wildman–Crippen MR) is 151 cm³/mol. The molecule has 1 atom stereocenters. The lowest BCUT2D eigenvalue weighted by Gasteiger charge is -2.33. The molecule has 0 saturated carbocycles.